The van der Waals surface area contributed by atoms with Gasteiger partial charge in [0.2, 0.25) is 5.91 Å². The summed E-state index contributed by atoms with van der Waals surface area (Å²) in [6.07, 6.45) is -4.02. The van der Waals surface area contributed by atoms with Crippen molar-refractivity contribution >= 4 is 5.91 Å². The molecule has 7 heteroatoms. The molecular weight excluding hydrogens is 374 g/mol. The molecule has 3 unspecified atom stereocenters. The number of halogens is 4. The molecule has 2 fully saturated rings. The van der Waals surface area contributed by atoms with E-state index in [0.29, 0.717) is 26.1 Å². The van der Waals surface area contributed by atoms with Gasteiger partial charge in [-0.15, -0.1) is 0 Å². The first kappa shape index (κ1) is 18.9. The minimum atomic E-state index is -4.36. The van der Waals surface area contributed by atoms with Gasteiger partial charge in [-0.05, 0) is 47.7 Å². The molecule has 28 heavy (non-hydrogen) atoms. The van der Waals surface area contributed by atoms with Crippen LogP contribution in [0.1, 0.15) is 35.1 Å². The summed E-state index contributed by atoms with van der Waals surface area (Å²) >= 11 is 0. The van der Waals surface area contributed by atoms with Crippen LogP contribution in [0.4, 0.5) is 17.6 Å². The van der Waals surface area contributed by atoms with Crippen molar-refractivity contribution in [3.63, 3.8) is 0 Å². The third-order valence-corrected chi connectivity index (χ3v) is 5.39. The van der Waals surface area contributed by atoms with Gasteiger partial charge in [0.15, 0.2) is 0 Å². The average molecular weight is 393 g/mol. The van der Waals surface area contributed by atoms with Crippen LogP contribution in [-0.4, -0.2) is 30.5 Å². The lowest BCUT2D eigenvalue weighted by Crippen LogP contribution is -2.43. The van der Waals surface area contributed by atoms with Crippen molar-refractivity contribution in [1.82, 2.24) is 4.90 Å². The molecule has 1 amide bonds. The Hall–Kier alpha value is -2.41. The zero-order valence-corrected chi connectivity index (χ0v) is 15.0. The maximum absolute atomic E-state index is 13.1. The number of ether oxygens (including phenoxy) is 1. The number of benzene rings is 2. The summed E-state index contributed by atoms with van der Waals surface area (Å²) in [5.41, 5.74) is 0.888. The Kier molecular flexibility index (Phi) is 4.87. The topological polar surface area (TPSA) is 29.5 Å². The fraction of sp³-hybridized carbons (Fsp3) is 0.381. The highest BCUT2D eigenvalue weighted by molar-refractivity contribution is 5.83. The molecule has 1 aliphatic carbocycles. The first-order valence-corrected chi connectivity index (χ1v) is 9.16. The van der Waals surface area contributed by atoms with Crippen molar-refractivity contribution in [3.05, 3.63) is 71.0 Å². The van der Waals surface area contributed by atoms with Gasteiger partial charge in [-0.25, -0.2) is 4.39 Å². The number of amides is 1. The third kappa shape index (κ3) is 3.90. The van der Waals surface area contributed by atoms with E-state index >= 15 is 0 Å². The van der Waals surface area contributed by atoms with Crippen molar-refractivity contribution in [2.45, 2.75) is 24.6 Å². The molecule has 2 aliphatic rings. The Morgan fingerprint density at radius 2 is 1.64 bits per heavy atom. The Morgan fingerprint density at radius 3 is 2.29 bits per heavy atom. The SMILES string of the molecule is O=C(C1CC1c1ccc(C(F)(F)F)cc1)N1CCOC(c2ccc(F)cc2)C1. The Labute approximate surface area is 159 Å². The summed E-state index contributed by atoms with van der Waals surface area (Å²) in [5, 5.41) is 0. The summed E-state index contributed by atoms with van der Waals surface area (Å²) in [7, 11) is 0. The average Bonchev–Trinajstić information content (AvgIpc) is 3.48. The van der Waals surface area contributed by atoms with Gasteiger partial charge in [0.05, 0.1) is 18.7 Å². The molecular formula is C21H19F4NO2. The van der Waals surface area contributed by atoms with Crippen molar-refractivity contribution in [2.75, 3.05) is 19.7 Å². The summed E-state index contributed by atoms with van der Waals surface area (Å²) in [5.74, 6) is -0.573. The van der Waals surface area contributed by atoms with Crippen LogP contribution in [0.15, 0.2) is 48.5 Å². The maximum Gasteiger partial charge on any atom is 0.416 e. The number of carbonyl (C=O) groups is 1. The Balaban J connectivity index is 1.39. The van der Waals surface area contributed by atoms with E-state index < -0.39 is 11.7 Å². The van der Waals surface area contributed by atoms with Crippen LogP contribution in [0.25, 0.3) is 0 Å². The van der Waals surface area contributed by atoms with Crippen molar-refractivity contribution < 1.29 is 27.1 Å². The smallest absolute Gasteiger partial charge is 0.370 e. The van der Waals surface area contributed by atoms with Gasteiger partial charge in [-0.3, -0.25) is 4.79 Å². The van der Waals surface area contributed by atoms with E-state index in [4.69, 9.17) is 4.74 Å². The van der Waals surface area contributed by atoms with Gasteiger partial charge >= 0.3 is 6.18 Å². The number of hydrogen-bond donors (Lipinski definition) is 0. The number of rotatable bonds is 3. The van der Waals surface area contributed by atoms with E-state index in [0.717, 1.165) is 23.3 Å². The number of nitrogens with zero attached hydrogens (tertiary/aromatic N) is 1. The lowest BCUT2D eigenvalue weighted by molar-refractivity contribution is -0.140. The molecule has 1 aliphatic heterocycles. The molecule has 1 saturated heterocycles. The standard InChI is InChI=1S/C21H19F4NO2/c22-16-7-3-14(4-8-16)19-12-26(9-10-28-19)20(27)18-11-17(18)13-1-5-15(6-2-13)21(23,24)25/h1-8,17-19H,9-12H2. The molecule has 148 valence electrons. The van der Waals surface area contributed by atoms with Gasteiger partial charge in [-0.1, -0.05) is 24.3 Å². The zero-order chi connectivity index (χ0) is 19.9. The second kappa shape index (κ2) is 7.20. The zero-order valence-electron chi connectivity index (χ0n) is 15.0. The number of hydrogen-bond acceptors (Lipinski definition) is 2. The maximum atomic E-state index is 13.1. The van der Waals surface area contributed by atoms with E-state index in [2.05, 4.69) is 0 Å². The normalized spacial score (nSPS) is 24.9. The quantitative estimate of drug-likeness (QED) is 0.716. The Morgan fingerprint density at radius 1 is 1.00 bits per heavy atom. The highest BCUT2D eigenvalue weighted by Crippen LogP contribution is 2.49. The fourth-order valence-electron chi connectivity index (χ4n) is 3.72. The summed E-state index contributed by atoms with van der Waals surface area (Å²) < 4.78 is 56.9. The molecule has 0 radical (unpaired) electrons. The van der Waals surface area contributed by atoms with E-state index in [1.807, 2.05) is 0 Å². The molecule has 3 nitrogen and oxygen atoms in total. The van der Waals surface area contributed by atoms with Crippen molar-refractivity contribution in [3.8, 4) is 0 Å². The Bertz CT molecular complexity index is 848. The molecule has 3 atom stereocenters. The minimum Gasteiger partial charge on any atom is -0.370 e. The molecule has 0 N–H and O–H groups in total. The highest BCUT2D eigenvalue weighted by atomic mass is 19.4. The molecule has 1 heterocycles. The lowest BCUT2D eigenvalue weighted by atomic mass is 10.0. The minimum absolute atomic E-state index is 0.000287. The van der Waals surface area contributed by atoms with Crippen LogP contribution in [-0.2, 0) is 15.7 Å². The van der Waals surface area contributed by atoms with Gasteiger partial charge < -0.3 is 9.64 Å². The van der Waals surface area contributed by atoms with E-state index in [-0.39, 0.29) is 29.7 Å². The summed E-state index contributed by atoms with van der Waals surface area (Å²) in [4.78, 5) is 14.6. The fourth-order valence-corrected chi connectivity index (χ4v) is 3.72. The molecule has 4 rings (SSSR count). The summed E-state index contributed by atoms with van der Waals surface area (Å²) in [6.45, 7) is 1.26. The second-order valence-electron chi connectivity index (χ2n) is 7.26. The van der Waals surface area contributed by atoms with E-state index in [1.54, 1.807) is 17.0 Å². The van der Waals surface area contributed by atoms with Crippen molar-refractivity contribution in [2.24, 2.45) is 5.92 Å². The molecule has 0 bridgehead atoms. The van der Waals surface area contributed by atoms with Gasteiger partial charge in [0.1, 0.15) is 11.9 Å². The largest absolute Gasteiger partial charge is 0.416 e. The highest BCUT2D eigenvalue weighted by Gasteiger charge is 2.46. The monoisotopic (exact) mass is 393 g/mol. The van der Waals surface area contributed by atoms with Crippen LogP contribution in [0.2, 0.25) is 0 Å². The van der Waals surface area contributed by atoms with Crippen LogP contribution >= 0.6 is 0 Å². The first-order valence-electron chi connectivity index (χ1n) is 9.16. The van der Waals surface area contributed by atoms with Gasteiger partial charge in [0.25, 0.3) is 0 Å². The molecule has 2 aromatic rings. The molecule has 1 saturated carbocycles. The van der Waals surface area contributed by atoms with Gasteiger partial charge in [0, 0.05) is 12.5 Å². The molecule has 0 aromatic heterocycles. The predicted molar refractivity (Wildman–Crippen MR) is 94.0 cm³/mol. The number of carbonyl (C=O) groups excluding carboxylic acids is 1. The van der Waals surface area contributed by atoms with E-state index in [9.17, 15) is 22.4 Å². The lowest BCUT2D eigenvalue weighted by Gasteiger charge is -2.33. The molecule has 2 aromatic carbocycles. The molecule has 0 spiro atoms. The summed E-state index contributed by atoms with van der Waals surface area (Å²) in [6, 6.07) is 11.1. The van der Waals surface area contributed by atoms with Crippen LogP contribution in [0.5, 0.6) is 0 Å². The first-order chi connectivity index (χ1) is 13.3. The third-order valence-electron chi connectivity index (χ3n) is 5.39. The van der Waals surface area contributed by atoms with Crippen LogP contribution < -0.4 is 0 Å². The van der Waals surface area contributed by atoms with Crippen LogP contribution in [0, 0.1) is 11.7 Å². The van der Waals surface area contributed by atoms with Gasteiger partial charge in [-0.2, -0.15) is 13.2 Å². The predicted octanol–water partition coefficient (Wildman–Crippen LogP) is 4.55. The van der Waals surface area contributed by atoms with Crippen molar-refractivity contribution in [1.29, 1.82) is 0 Å². The van der Waals surface area contributed by atoms with Crippen LogP contribution in [0.3, 0.4) is 0 Å². The van der Waals surface area contributed by atoms with E-state index in [1.165, 1.54) is 24.3 Å². The second-order valence-corrected chi connectivity index (χ2v) is 7.26. The number of morpholine rings is 1. The number of alkyl halides is 3.